The average molecular weight is 315 g/mol. The molecule has 0 unspecified atom stereocenters. The lowest BCUT2D eigenvalue weighted by Crippen LogP contribution is -2.49. The molecule has 0 heterocycles. The van der Waals surface area contributed by atoms with E-state index in [-0.39, 0.29) is 0 Å². The summed E-state index contributed by atoms with van der Waals surface area (Å²) < 4.78 is 56.3. The molecule has 2 atom stereocenters. The second-order valence-corrected chi connectivity index (χ2v) is 7.45. The summed E-state index contributed by atoms with van der Waals surface area (Å²) in [6, 6.07) is -2.41. The van der Waals surface area contributed by atoms with Gasteiger partial charge in [-0.1, -0.05) is 6.58 Å². The number of ether oxygens (including phenoxy) is 1. The molecule has 0 saturated heterocycles. The lowest BCUT2D eigenvalue weighted by atomic mass is 10.1. The molecule has 0 rings (SSSR count). The van der Waals surface area contributed by atoms with E-state index >= 15 is 0 Å². The van der Waals surface area contributed by atoms with Crippen LogP contribution in [0.2, 0.25) is 0 Å². The monoisotopic (exact) mass is 315 g/mol. The SMILES string of the molecule is C=C(C(=O)OC(C)C)[C@H](N[S@@](=O)C(C)(C)C)C(F)(F)F. The van der Waals surface area contributed by atoms with Gasteiger partial charge in [-0.05, 0) is 34.6 Å². The number of nitrogens with one attached hydrogen (secondary N) is 1. The zero-order valence-corrected chi connectivity index (χ0v) is 12.9. The molecule has 0 fully saturated rings. The fourth-order valence-corrected chi connectivity index (χ4v) is 1.87. The summed E-state index contributed by atoms with van der Waals surface area (Å²) in [6.45, 7) is 10.7. The third-order valence-corrected chi connectivity index (χ3v) is 3.62. The Morgan fingerprint density at radius 1 is 1.25 bits per heavy atom. The van der Waals surface area contributed by atoms with Crippen molar-refractivity contribution in [2.75, 3.05) is 0 Å². The summed E-state index contributed by atoms with van der Waals surface area (Å²) in [6.07, 6.45) is -5.37. The van der Waals surface area contributed by atoms with Crippen LogP contribution in [0.15, 0.2) is 12.2 Å². The second-order valence-electron chi connectivity index (χ2n) is 5.45. The van der Waals surface area contributed by atoms with Gasteiger partial charge in [-0.25, -0.2) is 13.7 Å². The minimum atomic E-state index is -4.80. The highest BCUT2D eigenvalue weighted by atomic mass is 32.2. The van der Waals surface area contributed by atoms with Gasteiger partial charge in [0.05, 0.1) is 27.4 Å². The van der Waals surface area contributed by atoms with Gasteiger partial charge in [0.25, 0.3) is 0 Å². The van der Waals surface area contributed by atoms with Gasteiger partial charge in [-0.15, -0.1) is 0 Å². The molecule has 0 bridgehead atoms. The lowest BCUT2D eigenvalue weighted by Gasteiger charge is -2.26. The summed E-state index contributed by atoms with van der Waals surface area (Å²) in [5, 5.41) is 0. The maximum atomic E-state index is 13.0. The first kappa shape index (κ1) is 19.1. The molecule has 20 heavy (non-hydrogen) atoms. The van der Waals surface area contributed by atoms with Gasteiger partial charge in [0.1, 0.15) is 6.04 Å². The van der Waals surface area contributed by atoms with E-state index < -0.39 is 45.6 Å². The molecule has 0 aromatic carbocycles. The van der Waals surface area contributed by atoms with Crippen molar-refractivity contribution in [3.05, 3.63) is 12.2 Å². The Morgan fingerprint density at radius 2 is 1.70 bits per heavy atom. The molecule has 0 aromatic heterocycles. The number of rotatable bonds is 5. The van der Waals surface area contributed by atoms with Crippen molar-refractivity contribution in [3.63, 3.8) is 0 Å². The zero-order valence-electron chi connectivity index (χ0n) is 12.1. The van der Waals surface area contributed by atoms with E-state index in [4.69, 9.17) is 0 Å². The van der Waals surface area contributed by atoms with E-state index in [1.807, 2.05) is 4.72 Å². The first-order valence-corrected chi connectivity index (χ1v) is 7.06. The van der Waals surface area contributed by atoms with Gasteiger partial charge in [-0.2, -0.15) is 13.2 Å². The topological polar surface area (TPSA) is 55.4 Å². The van der Waals surface area contributed by atoms with Crippen LogP contribution in [0, 0.1) is 0 Å². The summed E-state index contributed by atoms with van der Waals surface area (Å²) in [4.78, 5) is 11.5. The van der Waals surface area contributed by atoms with Crippen molar-refractivity contribution in [2.24, 2.45) is 0 Å². The second kappa shape index (κ2) is 6.71. The fraction of sp³-hybridized carbons (Fsp3) is 0.750. The van der Waals surface area contributed by atoms with Crippen LogP contribution in [0.3, 0.4) is 0 Å². The van der Waals surface area contributed by atoms with Crippen molar-refractivity contribution < 1.29 is 26.9 Å². The molecule has 0 aromatic rings. The molecule has 0 saturated carbocycles. The minimum absolute atomic E-state index is 0.568. The molecule has 0 spiro atoms. The van der Waals surface area contributed by atoms with Crippen LogP contribution in [0.25, 0.3) is 0 Å². The van der Waals surface area contributed by atoms with Crippen LogP contribution in [-0.2, 0) is 20.5 Å². The Hall–Kier alpha value is -0.890. The number of halogens is 3. The highest BCUT2D eigenvalue weighted by Crippen LogP contribution is 2.27. The minimum Gasteiger partial charge on any atom is -0.460 e. The summed E-state index contributed by atoms with van der Waals surface area (Å²) >= 11 is 0. The molecular formula is C12H20F3NO3S. The van der Waals surface area contributed by atoms with Crippen molar-refractivity contribution >= 4 is 17.0 Å². The molecule has 0 radical (unpaired) electrons. The van der Waals surface area contributed by atoms with E-state index in [1.165, 1.54) is 34.6 Å². The van der Waals surface area contributed by atoms with E-state index in [2.05, 4.69) is 11.3 Å². The van der Waals surface area contributed by atoms with Gasteiger partial charge >= 0.3 is 12.1 Å². The average Bonchev–Trinajstić information content (AvgIpc) is 2.20. The highest BCUT2D eigenvalue weighted by Gasteiger charge is 2.46. The van der Waals surface area contributed by atoms with Crippen LogP contribution < -0.4 is 4.72 Å². The normalized spacial score (nSPS) is 15.8. The van der Waals surface area contributed by atoms with Crippen LogP contribution in [-0.4, -0.2) is 33.2 Å². The third kappa shape index (κ3) is 6.04. The zero-order chi connectivity index (χ0) is 16.3. The van der Waals surface area contributed by atoms with E-state index in [0.29, 0.717) is 0 Å². The van der Waals surface area contributed by atoms with Crippen molar-refractivity contribution in [2.45, 2.75) is 57.7 Å². The molecule has 1 N–H and O–H groups in total. The predicted molar refractivity (Wildman–Crippen MR) is 71.2 cm³/mol. The van der Waals surface area contributed by atoms with Crippen LogP contribution in [0.4, 0.5) is 13.2 Å². The maximum absolute atomic E-state index is 13.0. The molecule has 8 heteroatoms. The number of carbonyl (C=O) groups excluding carboxylic acids is 1. The molecule has 0 aliphatic carbocycles. The Bertz CT molecular complexity index is 400. The standard InChI is InChI=1S/C12H20F3NO3S/c1-7(2)19-10(17)8(3)9(12(13,14)15)16-20(18)11(4,5)6/h7,9,16H,3H2,1-2,4-6H3/t9-,20-/m0/s1. The Balaban J connectivity index is 5.15. The predicted octanol–water partition coefficient (Wildman–Crippen LogP) is 2.48. The smallest absolute Gasteiger partial charge is 0.409 e. The summed E-state index contributed by atoms with van der Waals surface area (Å²) in [7, 11) is -2.00. The summed E-state index contributed by atoms with van der Waals surface area (Å²) in [5.41, 5.74) is -0.816. The Labute approximate surface area is 119 Å². The molecule has 4 nitrogen and oxygen atoms in total. The van der Waals surface area contributed by atoms with Crippen molar-refractivity contribution in [1.82, 2.24) is 4.72 Å². The van der Waals surface area contributed by atoms with Gasteiger partial charge in [0.2, 0.25) is 0 Å². The highest BCUT2D eigenvalue weighted by molar-refractivity contribution is 7.84. The lowest BCUT2D eigenvalue weighted by molar-refractivity contribution is -0.156. The number of esters is 1. The van der Waals surface area contributed by atoms with E-state index in [0.717, 1.165) is 0 Å². The quantitative estimate of drug-likeness (QED) is 0.626. The fourth-order valence-electron chi connectivity index (χ4n) is 1.03. The number of carbonyl (C=O) groups is 1. The van der Waals surface area contributed by atoms with Crippen LogP contribution in [0.5, 0.6) is 0 Å². The summed E-state index contributed by atoms with van der Waals surface area (Å²) in [5.74, 6) is -1.17. The van der Waals surface area contributed by atoms with Crippen LogP contribution >= 0.6 is 0 Å². The molecule has 0 aliphatic heterocycles. The molecule has 0 aliphatic rings. The maximum Gasteiger partial charge on any atom is 0.409 e. The molecular weight excluding hydrogens is 295 g/mol. The molecule has 118 valence electrons. The third-order valence-electron chi connectivity index (χ3n) is 2.06. The number of hydrogen-bond acceptors (Lipinski definition) is 3. The first-order chi connectivity index (χ1) is 8.76. The van der Waals surface area contributed by atoms with Crippen molar-refractivity contribution in [1.29, 1.82) is 0 Å². The van der Waals surface area contributed by atoms with Gasteiger partial charge < -0.3 is 4.74 Å². The van der Waals surface area contributed by atoms with Gasteiger partial charge in [-0.3, -0.25) is 0 Å². The Kier molecular flexibility index (Phi) is 6.41. The Morgan fingerprint density at radius 3 is 2.00 bits per heavy atom. The van der Waals surface area contributed by atoms with Gasteiger partial charge in [0.15, 0.2) is 0 Å². The molecule has 0 amide bonds. The van der Waals surface area contributed by atoms with Gasteiger partial charge in [0, 0.05) is 0 Å². The van der Waals surface area contributed by atoms with Crippen LogP contribution in [0.1, 0.15) is 34.6 Å². The van der Waals surface area contributed by atoms with E-state index in [1.54, 1.807) is 0 Å². The first-order valence-electron chi connectivity index (χ1n) is 5.91. The number of alkyl halides is 3. The van der Waals surface area contributed by atoms with Crippen molar-refractivity contribution in [3.8, 4) is 0 Å². The van der Waals surface area contributed by atoms with E-state index in [9.17, 15) is 22.2 Å². The number of hydrogen-bond donors (Lipinski definition) is 1. The largest absolute Gasteiger partial charge is 0.460 e.